The van der Waals surface area contributed by atoms with Gasteiger partial charge >= 0.3 is 0 Å². The molecular weight excluding hydrogens is 219 g/mol. The molecule has 1 fully saturated rings. The Hall–Kier alpha value is -1.13. The van der Waals surface area contributed by atoms with Crippen LogP contribution in [0.5, 0.6) is 5.75 Å². The summed E-state index contributed by atoms with van der Waals surface area (Å²) in [7, 11) is 2.10. The van der Waals surface area contributed by atoms with Crippen molar-refractivity contribution in [1.82, 2.24) is 10.2 Å². The first-order chi connectivity index (χ1) is 8.16. The smallest absolute Gasteiger partial charge is 0.165 e. The maximum atomic E-state index is 13.1. The fraction of sp³-hybridized carbons (Fsp3) is 0.538. The zero-order valence-corrected chi connectivity index (χ0v) is 10.1. The lowest BCUT2D eigenvalue weighted by atomic mass is 10.1. The van der Waals surface area contributed by atoms with Crippen LogP contribution in [0.3, 0.4) is 0 Å². The molecular formula is C13H19FN2O. The summed E-state index contributed by atoms with van der Waals surface area (Å²) < 4.78 is 13.1. The predicted octanol–water partition coefficient (Wildman–Crippen LogP) is 1.72. The summed E-state index contributed by atoms with van der Waals surface area (Å²) in [5.74, 6) is -0.783. The van der Waals surface area contributed by atoms with Gasteiger partial charge in [0.1, 0.15) is 0 Å². The lowest BCUT2D eigenvalue weighted by molar-refractivity contribution is 0.226. The third-order valence-electron chi connectivity index (χ3n) is 3.28. The predicted molar refractivity (Wildman–Crippen MR) is 65.4 cm³/mol. The van der Waals surface area contributed by atoms with Crippen LogP contribution in [0.2, 0.25) is 0 Å². The maximum absolute atomic E-state index is 13.1. The molecule has 94 valence electrons. The normalized spacial score (nSPS) is 21.6. The standard InChI is InChI=1S/C13H19FN2O/c1-16-7-3-5-11(9-16)15-8-10-4-2-6-12(14)13(10)17/h2,4,6,11,15,17H,3,5,7-9H2,1H3. The van der Waals surface area contributed by atoms with Gasteiger partial charge in [0.25, 0.3) is 0 Å². The first-order valence-electron chi connectivity index (χ1n) is 6.05. The summed E-state index contributed by atoms with van der Waals surface area (Å²) in [4.78, 5) is 2.28. The van der Waals surface area contributed by atoms with Crippen molar-refractivity contribution in [2.75, 3.05) is 20.1 Å². The summed E-state index contributed by atoms with van der Waals surface area (Å²) in [5, 5.41) is 12.9. The van der Waals surface area contributed by atoms with Gasteiger partial charge in [-0.25, -0.2) is 4.39 Å². The molecule has 1 heterocycles. The Kier molecular flexibility index (Phi) is 3.97. The SMILES string of the molecule is CN1CCCC(NCc2cccc(F)c2O)C1. The number of para-hydroxylation sites is 1. The van der Waals surface area contributed by atoms with E-state index in [4.69, 9.17) is 0 Å². The number of likely N-dealkylation sites (tertiary alicyclic amines) is 1. The number of rotatable bonds is 3. The minimum Gasteiger partial charge on any atom is -0.505 e. The highest BCUT2D eigenvalue weighted by Gasteiger charge is 2.17. The van der Waals surface area contributed by atoms with Gasteiger partial charge in [0.2, 0.25) is 0 Å². The molecule has 3 nitrogen and oxygen atoms in total. The van der Waals surface area contributed by atoms with E-state index in [0.29, 0.717) is 18.2 Å². The molecule has 4 heteroatoms. The molecule has 1 saturated heterocycles. The number of hydrogen-bond donors (Lipinski definition) is 2. The molecule has 2 rings (SSSR count). The number of hydrogen-bond acceptors (Lipinski definition) is 3. The van der Waals surface area contributed by atoms with E-state index in [1.54, 1.807) is 12.1 Å². The molecule has 2 N–H and O–H groups in total. The first-order valence-corrected chi connectivity index (χ1v) is 6.05. The number of nitrogens with zero attached hydrogens (tertiary/aromatic N) is 1. The van der Waals surface area contributed by atoms with Crippen LogP contribution in [-0.2, 0) is 6.54 Å². The van der Waals surface area contributed by atoms with Crippen molar-refractivity contribution < 1.29 is 9.50 Å². The fourth-order valence-electron chi connectivity index (χ4n) is 2.29. The highest BCUT2D eigenvalue weighted by Crippen LogP contribution is 2.20. The Morgan fingerprint density at radius 2 is 2.35 bits per heavy atom. The first kappa shape index (κ1) is 12.3. The second-order valence-corrected chi connectivity index (χ2v) is 4.73. The highest BCUT2D eigenvalue weighted by atomic mass is 19.1. The van der Waals surface area contributed by atoms with Gasteiger partial charge in [0, 0.05) is 24.7 Å². The van der Waals surface area contributed by atoms with E-state index in [2.05, 4.69) is 17.3 Å². The number of piperidine rings is 1. The second-order valence-electron chi connectivity index (χ2n) is 4.73. The van der Waals surface area contributed by atoms with Gasteiger partial charge in [0.15, 0.2) is 11.6 Å². The molecule has 1 aromatic carbocycles. The van der Waals surface area contributed by atoms with Gasteiger partial charge in [-0.15, -0.1) is 0 Å². The van der Waals surface area contributed by atoms with Crippen molar-refractivity contribution in [3.05, 3.63) is 29.6 Å². The molecule has 1 atom stereocenters. The van der Waals surface area contributed by atoms with E-state index >= 15 is 0 Å². The molecule has 1 aliphatic rings. The van der Waals surface area contributed by atoms with Crippen molar-refractivity contribution in [3.8, 4) is 5.75 Å². The van der Waals surface area contributed by atoms with Gasteiger partial charge in [0.05, 0.1) is 0 Å². The third kappa shape index (κ3) is 3.17. The van der Waals surface area contributed by atoms with Crippen LogP contribution in [0.15, 0.2) is 18.2 Å². The molecule has 0 saturated carbocycles. The molecule has 0 aliphatic carbocycles. The summed E-state index contributed by atoms with van der Waals surface area (Å²) in [6.45, 7) is 2.67. The van der Waals surface area contributed by atoms with E-state index in [1.807, 2.05) is 0 Å². The monoisotopic (exact) mass is 238 g/mol. The molecule has 17 heavy (non-hydrogen) atoms. The zero-order valence-electron chi connectivity index (χ0n) is 10.1. The molecule has 0 bridgehead atoms. The van der Waals surface area contributed by atoms with Crippen LogP contribution < -0.4 is 5.32 Å². The lowest BCUT2D eigenvalue weighted by Crippen LogP contribution is -2.43. The zero-order chi connectivity index (χ0) is 12.3. The van der Waals surface area contributed by atoms with Crippen molar-refractivity contribution in [3.63, 3.8) is 0 Å². The fourth-order valence-corrected chi connectivity index (χ4v) is 2.29. The van der Waals surface area contributed by atoms with Gasteiger partial charge in [-0.3, -0.25) is 0 Å². The number of nitrogens with one attached hydrogen (secondary N) is 1. The molecule has 0 radical (unpaired) electrons. The molecule has 0 aromatic heterocycles. The van der Waals surface area contributed by atoms with Crippen LogP contribution in [0.4, 0.5) is 4.39 Å². The number of phenols is 1. The summed E-state index contributed by atoms with van der Waals surface area (Å²) in [6, 6.07) is 5.07. The number of aromatic hydroxyl groups is 1. The van der Waals surface area contributed by atoms with Crippen LogP contribution in [0.1, 0.15) is 18.4 Å². The maximum Gasteiger partial charge on any atom is 0.165 e. The van der Waals surface area contributed by atoms with Crippen LogP contribution in [0, 0.1) is 5.82 Å². The minimum atomic E-state index is -0.551. The van der Waals surface area contributed by atoms with Gasteiger partial charge in [-0.05, 0) is 32.5 Å². The Labute approximate surface area is 101 Å². The number of likely N-dealkylation sites (N-methyl/N-ethyl adjacent to an activating group) is 1. The number of benzene rings is 1. The topological polar surface area (TPSA) is 35.5 Å². The molecule has 1 aromatic rings. The van der Waals surface area contributed by atoms with E-state index < -0.39 is 5.82 Å². The molecule has 1 unspecified atom stereocenters. The highest BCUT2D eigenvalue weighted by molar-refractivity contribution is 5.33. The van der Waals surface area contributed by atoms with Crippen LogP contribution in [0.25, 0.3) is 0 Å². The summed E-state index contributed by atoms with van der Waals surface area (Å²) in [6.07, 6.45) is 2.32. The lowest BCUT2D eigenvalue weighted by Gasteiger charge is -2.30. The van der Waals surface area contributed by atoms with E-state index in [-0.39, 0.29) is 5.75 Å². The Morgan fingerprint density at radius 3 is 3.12 bits per heavy atom. The summed E-state index contributed by atoms with van der Waals surface area (Å²) in [5.41, 5.74) is 0.623. The Balaban J connectivity index is 1.91. The average molecular weight is 238 g/mol. The average Bonchev–Trinajstić information content (AvgIpc) is 2.31. The summed E-state index contributed by atoms with van der Waals surface area (Å²) >= 11 is 0. The molecule has 0 spiro atoms. The van der Waals surface area contributed by atoms with Gasteiger partial charge in [-0.2, -0.15) is 0 Å². The van der Waals surface area contributed by atoms with Crippen LogP contribution in [-0.4, -0.2) is 36.2 Å². The van der Waals surface area contributed by atoms with E-state index in [1.165, 1.54) is 12.5 Å². The number of phenolic OH excluding ortho intramolecular Hbond substituents is 1. The van der Waals surface area contributed by atoms with E-state index in [0.717, 1.165) is 19.5 Å². The molecule has 1 aliphatic heterocycles. The van der Waals surface area contributed by atoms with Gasteiger partial charge < -0.3 is 15.3 Å². The largest absolute Gasteiger partial charge is 0.505 e. The van der Waals surface area contributed by atoms with Crippen molar-refractivity contribution >= 4 is 0 Å². The second kappa shape index (κ2) is 5.47. The van der Waals surface area contributed by atoms with Crippen LogP contribution >= 0.6 is 0 Å². The minimum absolute atomic E-state index is 0.232. The molecule has 0 amide bonds. The van der Waals surface area contributed by atoms with Crippen molar-refractivity contribution in [2.24, 2.45) is 0 Å². The van der Waals surface area contributed by atoms with E-state index in [9.17, 15) is 9.50 Å². The van der Waals surface area contributed by atoms with Gasteiger partial charge in [-0.1, -0.05) is 12.1 Å². The Morgan fingerprint density at radius 1 is 1.53 bits per heavy atom. The Bertz CT molecular complexity index is 384. The third-order valence-corrected chi connectivity index (χ3v) is 3.28. The quantitative estimate of drug-likeness (QED) is 0.841. The van der Waals surface area contributed by atoms with Crippen molar-refractivity contribution in [2.45, 2.75) is 25.4 Å². The van der Waals surface area contributed by atoms with Crippen molar-refractivity contribution in [1.29, 1.82) is 0 Å². The number of halogens is 1.